The third kappa shape index (κ3) is 1.73. The zero-order valence-corrected chi connectivity index (χ0v) is 7.20. The van der Waals surface area contributed by atoms with E-state index in [9.17, 15) is 0 Å². The van der Waals surface area contributed by atoms with E-state index in [-0.39, 0.29) is 5.54 Å². The molecule has 0 heterocycles. The molecule has 58 valence electrons. The Morgan fingerprint density at radius 1 is 1.50 bits per heavy atom. The molecular weight excluding hydrogens is 122 g/mol. The molecule has 0 aliphatic heterocycles. The molecule has 0 fully saturated rings. The lowest BCUT2D eigenvalue weighted by molar-refractivity contribution is 0.465. The molecule has 1 heteroatoms. The minimum absolute atomic E-state index is 0.165. The van der Waals surface area contributed by atoms with Crippen molar-refractivity contribution < 1.29 is 0 Å². The molecule has 0 saturated heterocycles. The van der Waals surface area contributed by atoms with Crippen molar-refractivity contribution >= 4 is 0 Å². The first-order chi connectivity index (χ1) is 4.60. The van der Waals surface area contributed by atoms with Crippen molar-refractivity contribution in [3.63, 3.8) is 0 Å². The van der Waals surface area contributed by atoms with E-state index in [1.807, 2.05) is 6.92 Å². The molecule has 0 aliphatic rings. The molecule has 0 saturated carbocycles. The van der Waals surface area contributed by atoms with Gasteiger partial charge in [0.2, 0.25) is 0 Å². The van der Waals surface area contributed by atoms with Crippen LogP contribution in [0.3, 0.4) is 0 Å². The van der Waals surface area contributed by atoms with Gasteiger partial charge >= 0.3 is 0 Å². The predicted molar refractivity (Wildman–Crippen MR) is 45.8 cm³/mol. The summed E-state index contributed by atoms with van der Waals surface area (Å²) in [6, 6.07) is 0. The van der Waals surface area contributed by atoms with Crippen molar-refractivity contribution in [3.05, 3.63) is 17.9 Å². The summed E-state index contributed by atoms with van der Waals surface area (Å²) in [5.41, 5.74) is 9.76. The third-order valence-electron chi connectivity index (χ3n) is 2.27. The SMILES string of the molecule is C=C=C(C)C(N)(CC)CC. The van der Waals surface area contributed by atoms with E-state index < -0.39 is 0 Å². The van der Waals surface area contributed by atoms with Crippen LogP contribution in [0.1, 0.15) is 33.6 Å². The van der Waals surface area contributed by atoms with Crippen LogP contribution >= 0.6 is 0 Å². The Hall–Kier alpha value is -0.520. The van der Waals surface area contributed by atoms with Crippen LogP contribution in [0.25, 0.3) is 0 Å². The van der Waals surface area contributed by atoms with Gasteiger partial charge in [0.1, 0.15) is 0 Å². The summed E-state index contributed by atoms with van der Waals surface area (Å²) >= 11 is 0. The topological polar surface area (TPSA) is 26.0 Å². The van der Waals surface area contributed by atoms with E-state index in [4.69, 9.17) is 5.73 Å². The van der Waals surface area contributed by atoms with Crippen molar-refractivity contribution in [2.45, 2.75) is 39.2 Å². The summed E-state index contributed by atoms with van der Waals surface area (Å²) in [6.45, 7) is 9.74. The number of nitrogens with two attached hydrogens (primary N) is 1. The van der Waals surface area contributed by atoms with E-state index in [2.05, 4.69) is 26.2 Å². The van der Waals surface area contributed by atoms with Gasteiger partial charge in [-0.15, -0.1) is 5.73 Å². The van der Waals surface area contributed by atoms with Crippen LogP contribution in [-0.2, 0) is 0 Å². The molecule has 0 unspecified atom stereocenters. The summed E-state index contributed by atoms with van der Waals surface area (Å²) in [6.07, 6.45) is 1.91. The lowest BCUT2D eigenvalue weighted by Gasteiger charge is -2.26. The highest BCUT2D eigenvalue weighted by atomic mass is 14.7. The Morgan fingerprint density at radius 3 is 2.00 bits per heavy atom. The Balaban J connectivity index is 4.48. The van der Waals surface area contributed by atoms with Gasteiger partial charge in [-0.3, -0.25) is 0 Å². The van der Waals surface area contributed by atoms with Gasteiger partial charge in [0.15, 0.2) is 0 Å². The first kappa shape index (κ1) is 9.48. The van der Waals surface area contributed by atoms with Gasteiger partial charge in [-0.05, 0) is 25.3 Å². The lowest BCUT2D eigenvalue weighted by Crippen LogP contribution is -2.39. The highest BCUT2D eigenvalue weighted by molar-refractivity contribution is 5.14. The fourth-order valence-corrected chi connectivity index (χ4v) is 0.956. The van der Waals surface area contributed by atoms with Gasteiger partial charge in [-0.1, -0.05) is 20.4 Å². The maximum Gasteiger partial charge on any atom is 0.0436 e. The van der Waals surface area contributed by atoms with Crippen molar-refractivity contribution in [2.75, 3.05) is 0 Å². The van der Waals surface area contributed by atoms with Crippen LogP contribution in [0.5, 0.6) is 0 Å². The molecule has 2 N–H and O–H groups in total. The zero-order valence-electron chi connectivity index (χ0n) is 7.20. The smallest absolute Gasteiger partial charge is 0.0436 e. The van der Waals surface area contributed by atoms with Gasteiger partial charge in [-0.2, -0.15) is 0 Å². The standard InChI is InChI=1S/C9H17N/c1-5-8(4)9(10,6-2)7-3/h1,6-7,10H2,2-4H3. The van der Waals surface area contributed by atoms with Crippen LogP contribution in [-0.4, -0.2) is 5.54 Å². The molecule has 0 spiro atoms. The Bertz CT molecular complexity index is 148. The average Bonchev–Trinajstić information content (AvgIpc) is 2.01. The Kier molecular flexibility index (Phi) is 3.41. The largest absolute Gasteiger partial charge is 0.321 e. The van der Waals surface area contributed by atoms with Gasteiger partial charge in [0.25, 0.3) is 0 Å². The summed E-state index contributed by atoms with van der Waals surface area (Å²) in [4.78, 5) is 0. The van der Waals surface area contributed by atoms with E-state index >= 15 is 0 Å². The monoisotopic (exact) mass is 139 g/mol. The molecule has 0 bridgehead atoms. The van der Waals surface area contributed by atoms with Crippen LogP contribution < -0.4 is 5.73 Å². The molecule has 1 nitrogen and oxygen atoms in total. The van der Waals surface area contributed by atoms with E-state index in [1.165, 1.54) is 0 Å². The minimum Gasteiger partial charge on any atom is -0.321 e. The molecule has 0 aromatic rings. The van der Waals surface area contributed by atoms with Gasteiger partial charge in [0, 0.05) is 5.54 Å². The third-order valence-corrected chi connectivity index (χ3v) is 2.27. The zero-order chi connectivity index (χ0) is 8.20. The molecule has 0 radical (unpaired) electrons. The van der Waals surface area contributed by atoms with E-state index in [1.54, 1.807) is 0 Å². The maximum atomic E-state index is 6.01. The number of hydrogen-bond donors (Lipinski definition) is 1. The Labute approximate surface area is 63.6 Å². The van der Waals surface area contributed by atoms with Crippen molar-refractivity contribution in [3.8, 4) is 0 Å². The van der Waals surface area contributed by atoms with Gasteiger partial charge < -0.3 is 5.73 Å². The lowest BCUT2D eigenvalue weighted by atomic mass is 9.87. The van der Waals surface area contributed by atoms with Crippen LogP contribution in [0, 0.1) is 0 Å². The number of hydrogen-bond acceptors (Lipinski definition) is 1. The quantitative estimate of drug-likeness (QED) is 0.596. The van der Waals surface area contributed by atoms with Crippen molar-refractivity contribution in [1.29, 1.82) is 0 Å². The molecule has 0 atom stereocenters. The fourth-order valence-electron chi connectivity index (χ4n) is 0.956. The van der Waals surface area contributed by atoms with Crippen LogP contribution in [0.2, 0.25) is 0 Å². The highest BCUT2D eigenvalue weighted by Crippen LogP contribution is 2.19. The van der Waals surface area contributed by atoms with Crippen LogP contribution in [0.15, 0.2) is 17.9 Å². The van der Waals surface area contributed by atoms with Gasteiger partial charge in [0.05, 0.1) is 0 Å². The minimum atomic E-state index is -0.165. The number of rotatable bonds is 3. The van der Waals surface area contributed by atoms with Crippen molar-refractivity contribution in [2.24, 2.45) is 5.73 Å². The molecular formula is C9H17N. The molecule has 0 amide bonds. The maximum absolute atomic E-state index is 6.01. The second kappa shape index (κ2) is 3.60. The fraction of sp³-hybridized carbons (Fsp3) is 0.667. The molecule has 0 aromatic carbocycles. The van der Waals surface area contributed by atoms with Gasteiger partial charge in [-0.25, -0.2) is 0 Å². The summed E-state index contributed by atoms with van der Waals surface area (Å²) in [5.74, 6) is 0. The second-order valence-electron chi connectivity index (χ2n) is 2.67. The first-order valence-electron chi connectivity index (χ1n) is 3.76. The summed E-state index contributed by atoms with van der Waals surface area (Å²) in [7, 11) is 0. The first-order valence-corrected chi connectivity index (χ1v) is 3.76. The summed E-state index contributed by atoms with van der Waals surface area (Å²) < 4.78 is 0. The predicted octanol–water partition coefficient (Wildman–Crippen LogP) is 2.24. The van der Waals surface area contributed by atoms with E-state index in [0.717, 1.165) is 18.4 Å². The average molecular weight is 139 g/mol. The molecule has 10 heavy (non-hydrogen) atoms. The second-order valence-corrected chi connectivity index (χ2v) is 2.67. The van der Waals surface area contributed by atoms with Crippen molar-refractivity contribution in [1.82, 2.24) is 0 Å². The highest BCUT2D eigenvalue weighted by Gasteiger charge is 2.21. The Morgan fingerprint density at radius 2 is 1.90 bits per heavy atom. The van der Waals surface area contributed by atoms with Crippen LogP contribution in [0.4, 0.5) is 0 Å². The molecule has 0 rings (SSSR count). The normalized spacial score (nSPS) is 10.8. The van der Waals surface area contributed by atoms with E-state index in [0.29, 0.717) is 0 Å². The summed E-state index contributed by atoms with van der Waals surface area (Å²) in [5, 5.41) is 0. The molecule has 0 aliphatic carbocycles. The molecule has 0 aromatic heterocycles.